The van der Waals surface area contributed by atoms with E-state index in [-0.39, 0.29) is 42.1 Å². The SMILES string of the molecule is COC(=O)CNC(=O)C(CSSCC[P+](c1ccccc1)(c1ccccc1)c1ccccc1)NC(=O)CCC(N)C(=O)OC.[Br-]. The lowest BCUT2D eigenvalue weighted by Gasteiger charge is -2.27. The molecule has 9 nitrogen and oxygen atoms in total. The van der Waals surface area contributed by atoms with Crippen LogP contribution in [0.2, 0.25) is 0 Å². The maximum absolute atomic E-state index is 12.9. The van der Waals surface area contributed by atoms with Gasteiger partial charge in [-0.05, 0) is 42.8 Å². The van der Waals surface area contributed by atoms with E-state index in [1.165, 1.54) is 40.9 Å². The van der Waals surface area contributed by atoms with Crippen LogP contribution < -0.4 is 49.3 Å². The highest BCUT2D eigenvalue weighted by molar-refractivity contribution is 8.76. The third kappa shape index (κ3) is 11.4. The number of methoxy groups -OCH3 is 2. The number of halogens is 1. The minimum atomic E-state index is -2.00. The molecule has 0 aromatic heterocycles. The van der Waals surface area contributed by atoms with Gasteiger partial charge in [-0.15, -0.1) is 0 Å². The highest BCUT2D eigenvalue weighted by atomic mass is 79.9. The summed E-state index contributed by atoms with van der Waals surface area (Å²) < 4.78 is 9.21. The Balaban J connectivity index is 0.00000705. The van der Waals surface area contributed by atoms with Crippen LogP contribution in [0.15, 0.2) is 91.0 Å². The van der Waals surface area contributed by atoms with Crippen LogP contribution in [0.1, 0.15) is 12.8 Å². The van der Waals surface area contributed by atoms with E-state index in [9.17, 15) is 19.2 Å². The smallest absolute Gasteiger partial charge is 0.325 e. The number of rotatable bonds is 17. The largest absolute Gasteiger partial charge is 1.00 e. The van der Waals surface area contributed by atoms with Crippen molar-refractivity contribution in [1.82, 2.24) is 10.6 Å². The lowest BCUT2D eigenvalue weighted by molar-refractivity contribution is -0.142. The molecule has 0 heterocycles. The molecule has 4 N–H and O–H groups in total. The summed E-state index contributed by atoms with van der Waals surface area (Å²) in [5.74, 6) is -1.10. The summed E-state index contributed by atoms with van der Waals surface area (Å²) in [4.78, 5) is 48.8. The highest BCUT2D eigenvalue weighted by Gasteiger charge is 2.44. The van der Waals surface area contributed by atoms with Crippen LogP contribution in [0.25, 0.3) is 0 Å². The summed E-state index contributed by atoms with van der Waals surface area (Å²) in [6.45, 7) is -0.315. The Morgan fingerprint density at radius 2 is 1.31 bits per heavy atom. The molecule has 242 valence electrons. The number of carbonyl (C=O) groups excluding carboxylic acids is 4. The van der Waals surface area contributed by atoms with Gasteiger partial charge in [0.1, 0.15) is 41.8 Å². The monoisotopic (exact) mass is 735 g/mol. The maximum Gasteiger partial charge on any atom is 0.325 e. The number of hydrogen-bond donors (Lipinski definition) is 3. The van der Waals surface area contributed by atoms with Gasteiger partial charge in [0.2, 0.25) is 11.8 Å². The zero-order chi connectivity index (χ0) is 31.8. The molecule has 2 unspecified atom stereocenters. The van der Waals surface area contributed by atoms with Gasteiger partial charge in [-0.1, -0.05) is 76.2 Å². The molecule has 0 aliphatic heterocycles. The predicted octanol–water partition coefficient (Wildman–Crippen LogP) is -0.580. The van der Waals surface area contributed by atoms with Crippen molar-refractivity contribution in [2.45, 2.75) is 24.9 Å². The normalized spacial score (nSPS) is 12.2. The average Bonchev–Trinajstić information content (AvgIpc) is 3.07. The van der Waals surface area contributed by atoms with Crippen molar-refractivity contribution >= 4 is 68.5 Å². The van der Waals surface area contributed by atoms with Crippen LogP contribution in [-0.2, 0) is 28.7 Å². The van der Waals surface area contributed by atoms with Crippen molar-refractivity contribution in [3.63, 3.8) is 0 Å². The Labute approximate surface area is 283 Å². The fourth-order valence-electron chi connectivity index (χ4n) is 4.59. The number of hydrogen-bond acceptors (Lipinski definition) is 9. The van der Waals surface area contributed by atoms with Gasteiger partial charge in [-0.2, -0.15) is 0 Å². The van der Waals surface area contributed by atoms with E-state index in [1.54, 1.807) is 10.8 Å². The van der Waals surface area contributed by atoms with Crippen molar-refractivity contribution in [3.05, 3.63) is 91.0 Å². The highest BCUT2D eigenvalue weighted by Crippen LogP contribution is 2.55. The first-order valence-corrected chi connectivity index (χ1v) is 18.5. The number of benzene rings is 3. The van der Waals surface area contributed by atoms with Gasteiger partial charge in [0.25, 0.3) is 0 Å². The summed E-state index contributed by atoms with van der Waals surface area (Å²) in [6, 6.07) is 29.9. The van der Waals surface area contributed by atoms with Gasteiger partial charge in [0.05, 0.1) is 20.4 Å². The number of amides is 2. The van der Waals surface area contributed by atoms with Crippen LogP contribution in [0.4, 0.5) is 0 Å². The molecule has 3 rings (SSSR count). The number of ether oxygens (including phenoxy) is 2. The van der Waals surface area contributed by atoms with Crippen molar-refractivity contribution in [3.8, 4) is 0 Å². The Bertz CT molecular complexity index is 1260. The molecule has 0 saturated heterocycles. The third-order valence-electron chi connectivity index (χ3n) is 6.89. The van der Waals surface area contributed by atoms with E-state index in [2.05, 4.69) is 92.9 Å². The minimum absolute atomic E-state index is 0. The molecule has 3 aromatic rings. The topological polar surface area (TPSA) is 137 Å². The molecular weight excluding hydrogens is 697 g/mol. The minimum Gasteiger partial charge on any atom is -1.00 e. The van der Waals surface area contributed by atoms with Crippen molar-refractivity contribution in [2.75, 3.05) is 38.4 Å². The molecule has 2 atom stereocenters. The van der Waals surface area contributed by atoms with E-state index >= 15 is 0 Å². The van der Waals surface area contributed by atoms with Crippen LogP contribution in [-0.4, -0.2) is 74.3 Å². The lowest BCUT2D eigenvalue weighted by Crippen LogP contribution is -3.00. The van der Waals surface area contributed by atoms with Crippen LogP contribution in [0.3, 0.4) is 0 Å². The molecule has 0 aliphatic carbocycles. The molecule has 2 amide bonds. The summed E-state index contributed by atoms with van der Waals surface area (Å²) in [6.07, 6.45) is 0.897. The van der Waals surface area contributed by atoms with E-state index in [0.717, 1.165) is 11.9 Å². The van der Waals surface area contributed by atoms with Gasteiger partial charge in [0.15, 0.2) is 0 Å². The molecule has 0 saturated carbocycles. The van der Waals surface area contributed by atoms with Gasteiger partial charge in [-0.25, -0.2) is 0 Å². The van der Waals surface area contributed by atoms with Gasteiger partial charge in [-0.3, -0.25) is 19.2 Å². The van der Waals surface area contributed by atoms with Crippen molar-refractivity contribution in [1.29, 1.82) is 0 Å². The Hall–Kier alpha value is -2.89. The molecule has 0 bridgehead atoms. The fraction of sp³-hybridized carbons (Fsp3) is 0.312. The second kappa shape index (κ2) is 20.3. The second-order valence-corrected chi connectivity index (χ2v) is 16.0. The quantitative estimate of drug-likeness (QED) is 0.0721. The molecule has 13 heteroatoms. The first-order valence-electron chi connectivity index (χ1n) is 14.1. The predicted molar refractivity (Wildman–Crippen MR) is 181 cm³/mol. The van der Waals surface area contributed by atoms with E-state index in [1.807, 2.05) is 18.2 Å². The van der Waals surface area contributed by atoms with Crippen molar-refractivity contribution in [2.24, 2.45) is 5.73 Å². The summed E-state index contributed by atoms with van der Waals surface area (Å²) >= 11 is 0. The fourth-order valence-corrected chi connectivity index (χ4v) is 12.0. The number of nitrogens with two attached hydrogens (primary N) is 1. The van der Waals surface area contributed by atoms with E-state index < -0.39 is 43.1 Å². The Kier molecular flexibility index (Phi) is 17.3. The van der Waals surface area contributed by atoms with Crippen LogP contribution in [0, 0.1) is 0 Å². The summed E-state index contributed by atoms with van der Waals surface area (Å²) in [5.41, 5.74) is 5.75. The van der Waals surface area contributed by atoms with E-state index in [4.69, 9.17) is 5.73 Å². The number of carbonyl (C=O) groups is 4. The van der Waals surface area contributed by atoms with Crippen molar-refractivity contribution < 1.29 is 45.6 Å². The summed E-state index contributed by atoms with van der Waals surface area (Å²) in [5, 5.41) is 9.11. The number of esters is 2. The zero-order valence-electron chi connectivity index (χ0n) is 25.2. The first kappa shape index (κ1) is 38.3. The van der Waals surface area contributed by atoms with Crippen LogP contribution >= 0.6 is 28.9 Å². The maximum atomic E-state index is 12.9. The van der Waals surface area contributed by atoms with Gasteiger partial charge < -0.3 is 42.8 Å². The number of nitrogens with one attached hydrogen (secondary N) is 2. The average molecular weight is 737 g/mol. The standard InChI is InChI=1S/C32H38N3O6PS2.BrH/c1-40-30(37)22-34-31(38)28(35-29(36)19-18-27(33)32(39)41-2)23-44-43-21-20-42(24-12-6-3-7-13-24,25-14-8-4-9-15-25)26-16-10-5-11-17-26;/h3-17,27-28H,18-23,33H2,1-2H3,(H-,34,35,36,38);1H. The van der Waals surface area contributed by atoms with Crippen LogP contribution in [0.5, 0.6) is 0 Å². The Morgan fingerprint density at radius 1 is 0.800 bits per heavy atom. The third-order valence-corrected chi connectivity index (χ3v) is 14.0. The molecule has 3 aromatic carbocycles. The molecular formula is C32H39BrN3O6PS2. The molecule has 0 radical (unpaired) electrons. The van der Waals surface area contributed by atoms with Gasteiger partial charge in [0, 0.05) is 17.9 Å². The Morgan fingerprint density at radius 3 is 1.78 bits per heavy atom. The zero-order valence-corrected chi connectivity index (χ0v) is 29.3. The summed E-state index contributed by atoms with van der Waals surface area (Å²) in [7, 11) is 3.56. The molecule has 0 spiro atoms. The molecule has 45 heavy (non-hydrogen) atoms. The van der Waals surface area contributed by atoms with E-state index in [0.29, 0.717) is 0 Å². The molecule has 0 aliphatic rings. The lowest BCUT2D eigenvalue weighted by atomic mass is 10.1. The first-order chi connectivity index (χ1) is 21.3. The van der Waals surface area contributed by atoms with Gasteiger partial charge >= 0.3 is 11.9 Å². The molecule has 0 fully saturated rings. The second-order valence-electron chi connectivity index (χ2n) is 9.73.